The number of carbonyl (C=O) groups is 1. The highest BCUT2D eigenvalue weighted by Gasteiger charge is 2.29. The maximum Gasteiger partial charge on any atom is 0.311 e. The SMILES string of the molecule is CCOC(=O)C(C)(C)CCO[Si](C)(C)C. The summed E-state index contributed by atoms with van der Waals surface area (Å²) in [5.41, 5.74) is -0.435. The standard InChI is InChI=1S/C11H24O3Si/c1-7-13-10(12)11(2,3)8-9-14-15(4,5)6/h7-9H2,1-6H3. The van der Waals surface area contributed by atoms with Crippen LogP contribution in [0, 0.1) is 5.41 Å². The number of rotatable bonds is 6. The molecule has 90 valence electrons. The van der Waals surface area contributed by atoms with Crippen LogP contribution in [0.5, 0.6) is 0 Å². The first-order valence-electron chi connectivity index (χ1n) is 5.50. The van der Waals surface area contributed by atoms with E-state index < -0.39 is 13.7 Å². The minimum atomic E-state index is -1.46. The van der Waals surface area contributed by atoms with Gasteiger partial charge < -0.3 is 9.16 Å². The number of hydrogen-bond donors (Lipinski definition) is 0. The Bertz CT molecular complexity index is 206. The van der Waals surface area contributed by atoms with Gasteiger partial charge in [-0.2, -0.15) is 0 Å². The smallest absolute Gasteiger partial charge is 0.311 e. The van der Waals surface area contributed by atoms with Crippen molar-refractivity contribution >= 4 is 14.3 Å². The summed E-state index contributed by atoms with van der Waals surface area (Å²) < 4.78 is 10.7. The summed E-state index contributed by atoms with van der Waals surface area (Å²) in [5.74, 6) is -0.135. The zero-order valence-corrected chi connectivity index (χ0v) is 11.8. The van der Waals surface area contributed by atoms with E-state index in [1.54, 1.807) is 0 Å². The Morgan fingerprint density at radius 1 is 1.27 bits per heavy atom. The van der Waals surface area contributed by atoms with Crippen molar-refractivity contribution in [2.75, 3.05) is 13.2 Å². The minimum Gasteiger partial charge on any atom is -0.466 e. The zero-order chi connectivity index (χ0) is 12.1. The Morgan fingerprint density at radius 2 is 1.80 bits per heavy atom. The van der Waals surface area contributed by atoms with E-state index >= 15 is 0 Å². The molecule has 0 saturated heterocycles. The third kappa shape index (κ3) is 6.68. The summed E-state index contributed by atoms with van der Waals surface area (Å²) in [6, 6.07) is 0. The molecule has 0 aliphatic rings. The third-order valence-corrected chi connectivity index (χ3v) is 3.16. The lowest BCUT2D eigenvalue weighted by atomic mass is 9.90. The van der Waals surface area contributed by atoms with Crippen molar-refractivity contribution in [3.05, 3.63) is 0 Å². The quantitative estimate of drug-likeness (QED) is 0.522. The normalized spacial score (nSPS) is 12.7. The third-order valence-electron chi connectivity index (χ3n) is 2.09. The summed E-state index contributed by atoms with van der Waals surface area (Å²) in [6.07, 6.45) is 0.718. The average Bonchev–Trinajstić information content (AvgIpc) is 2.01. The Kier molecular flexibility index (Phi) is 5.52. The molecule has 0 radical (unpaired) electrons. The minimum absolute atomic E-state index is 0.135. The van der Waals surface area contributed by atoms with Gasteiger partial charge in [-0.15, -0.1) is 0 Å². The lowest BCUT2D eigenvalue weighted by Gasteiger charge is -2.24. The highest BCUT2D eigenvalue weighted by Crippen LogP contribution is 2.23. The molecule has 0 aromatic rings. The molecule has 4 heteroatoms. The van der Waals surface area contributed by atoms with Crippen LogP contribution in [0.15, 0.2) is 0 Å². The molecule has 0 aliphatic carbocycles. The predicted molar refractivity (Wildman–Crippen MR) is 64.3 cm³/mol. The van der Waals surface area contributed by atoms with Crippen LogP contribution in [0.4, 0.5) is 0 Å². The second-order valence-corrected chi connectivity index (χ2v) is 9.83. The molecule has 0 heterocycles. The summed E-state index contributed by atoms with van der Waals surface area (Å²) in [7, 11) is -1.46. The van der Waals surface area contributed by atoms with Gasteiger partial charge in [-0.05, 0) is 46.8 Å². The summed E-state index contributed by atoms with van der Waals surface area (Å²) in [5, 5.41) is 0. The predicted octanol–water partition coefficient (Wildman–Crippen LogP) is 2.82. The van der Waals surface area contributed by atoms with Crippen LogP contribution in [0.2, 0.25) is 19.6 Å². The largest absolute Gasteiger partial charge is 0.466 e. The van der Waals surface area contributed by atoms with E-state index in [1.165, 1.54) is 0 Å². The van der Waals surface area contributed by atoms with Gasteiger partial charge in [0.1, 0.15) is 0 Å². The van der Waals surface area contributed by atoms with Crippen LogP contribution in [-0.4, -0.2) is 27.5 Å². The Morgan fingerprint density at radius 3 is 2.20 bits per heavy atom. The molecule has 0 aliphatic heterocycles. The number of ether oxygens (including phenoxy) is 1. The summed E-state index contributed by atoms with van der Waals surface area (Å²) in [6.45, 7) is 13.1. The Hall–Kier alpha value is -0.353. The van der Waals surface area contributed by atoms with Gasteiger partial charge >= 0.3 is 5.97 Å². The van der Waals surface area contributed by atoms with Crippen molar-refractivity contribution in [3.63, 3.8) is 0 Å². The van der Waals surface area contributed by atoms with Crippen molar-refractivity contribution in [1.29, 1.82) is 0 Å². The van der Waals surface area contributed by atoms with E-state index in [0.29, 0.717) is 13.2 Å². The van der Waals surface area contributed by atoms with E-state index in [0.717, 1.165) is 6.42 Å². The van der Waals surface area contributed by atoms with Crippen LogP contribution in [0.25, 0.3) is 0 Å². The molecule has 0 saturated carbocycles. The lowest BCUT2D eigenvalue weighted by Crippen LogP contribution is -2.32. The topological polar surface area (TPSA) is 35.5 Å². The van der Waals surface area contributed by atoms with Gasteiger partial charge in [0.05, 0.1) is 12.0 Å². The van der Waals surface area contributed by atoms with Crippen molar-refractivity contribution in [1.82, 2.24) is 0 Å². The van der Waals surface area contributed by atoms with Crippen molar-refractivity contribution in [2.45, 2.75) is 46.8 Å². The monoisotopic (exact) mass is 232 g/mol. The summed E-state index contributed by atoms with van der Waals surface area (Å²) >= 11 is 0. The molecule has 0 unspecified atom stereocenters. The molecule has 3 nitrogen and oxygen atoms in total. The van der Waals surface area contributed by atoms with Gasteiger partial charge in [-0.3, -0.25) is 4.79 Å². The van der Waals surface area contributed by atoms with Crippen molar-refractivity contribution in [2.24, 2.45) is 5.41 Å². The molecule has 0 N–H and O–H groups in total. The second kappa shape index (κ2) is 5.65. The fraction of sp³-hybridized carbons (Fsp3) is 0.909. The molecule has 0 rings (SSSR count). The average molecular weight is 232 g/mol. The van der Waals surface area contributed by atoms with Gasteiger partial charge in [0, 0.05) is 6.61 Å². The van der Waals surface area contributed by atoms with E-state index in [2.05, 4.69) is 19.6 Å². The van der Waals surface area contributed by atoms with Crippen LogP contribution < -0.4 is 0 Å². The number of esters is 1. The van der Waals surface area contributed by atoms with Crippen molar-refractivity contribution in [3.8, 4) is 0 Å². The van der Waals surface area contributed by atoms with Crippen molar-refractivity contribution < 1.29 is 14.0 Å². The molecular formula is C11H24O3Si. The van der Waals surface area contributed by atoms with E-state index in [1.807, 2.05) is 20.8 Å². The zero-order valence-electron chi connectivity index (χ0n) is 10.8. The maximum atomic E-state index is 11.6. The molecule has 0 bridgehead atoms. The first-order chi connectivity index (χ1) is 6.69. The maximum absolute atomic E-state index is 11.6. The van der Waals surface area contributed by atoms with Gasteiger partial charge in [0.25, 0.3) is 0 Å². The van der Waals surface area contributed by atoms with Gasteiger partial charge in [-0.25, -0.2) is 0 Å². The molecule has 0 atom stereocenters. The number of carbonyl (C=O) groups excluding carboxylic acids is 1. The van der Waals surface area contributed by atoms with E-state index in [9.17, 15) is 4.79 Å². The van der Waals surface area contributed by atoms with Crippen LogP contribution in [0.1, 0.15) is 27.2 Å². The Labute approximate surface area is 94.3 Å². The summed E-state index contributed by atoms with van der Waals surface area (Å²) in [4.78, 5) is 11.6. The van der Waals surface area contributed by atoms with Crippen LogP contribution in [-0.2, 0) is 14.0 Å². The fourth-order valence-corrected chi connectivity index (χ4v) is 1.76. The first-order valence-corrected chi connectivity index (χ1v) is 8.91. The molecule has 0 amide bonds. The van der Waals surface area contributed by atoms with E-state index in [-0.39, 0.29) is 5.97 Å². The van der Waals surface area contributed by atoms with Gasteiger partial charge in [-0.1, -0.05) is 0 Å². The molecule has 15 heavy (non-hydrogen) atoms. The molecular weight excluding hydrogens is 208 g/mol. The first kappa shape index (κ1) is 14.6. The molecule has 0 fully saturated rings. The Balaban J connectivity index is 3.99. The lowest BCUT2D eigenvalue weighted by molar-refractivity contribution is -0.154. The van der Waals surface area contributed by atoms with Gasteiger partial charge in [0.15, 0.2) is 8.32 Å². The number of hydrogen-bond acceptors (Lipinski definition) is 3. The highest BCUT2D eigenvalue weighted by molar-refractivity contribution is 6.69. The second-order valence-electron chi connectivity index (χ2n) is 5.32. The fourth-order valence-electron chi connectivity index (χ4n) is 1.04. The molecule has 0 aromatic heterocycles. The van der Waals surface area contributed by atoms with Gasteiger partial charge in [0.2, 0.25) is 0 Å². The van der Waals surface area contributed by atoms with Crippen LogP contribution >= 0.6 is 0 Å². The molecule has 0 aromatic carbocycles. The van der Waals surface area contributed by atoms with Crippen LogP contribution in [0.3, 0.4) is 0 Å². The van der Waals surface area contributed by atoms with E-state index in [4.69, 9.17) is 9.16 Å². The highest BCUT2D eigenvalue weighted by atomic mass is 28.4. The molecule has 0 spiro atoms.